The third-order valence-corrected chi connectivity index (χ3v) is 4.44. The molecule has 2 aliphatic rings. The Kier molecular flexibility index (Phi) is 4.28. The van der Waals surface area contributed by atoms with Crippen LogP contribution in [-0.2, 0) is 0 Å². The molecule has 0 bridgehead atoms. The molecule has 2 fully saturated rings. The summed E-state index contributed by atoms with van der Waals surface area (Å²) < 4.78 is 0. The number of likely N-dealkylation sites (tertiary alicyclic amines) is 1. The molecule has 0 radical (unpaired) electrons. The average molecular weight is 260 g/mol. The van der Waals surface area contributed by atoms with Crippen LogP contribution >= 0.6 is 0 Å². The van der Waals surface area contributed by atoms with Gasteiger partial charge in [-0.05, 0) is 38.3 Å². The predicted molar refractivity (Wildman–Crippen MR) is 77.1 cm³/mol. The van der Waals surface area contributed by atoms with Crippen molar-refractivity contribution in [1.82, 2.24) is 14.9 Å². The quantitative estimate of drug-likeness (QED) is 0.907. The van der Waals surface area contributed by atoms with Crippen molar-refractivity contribution in [2.45, 2.75) is 57.0 Å². The summed E-state index contributed by atoms with van der Waals surface area (Å²) in [7, 11) is 0. The Labute approximate surface area is 115 Å². The van der Waals surface area contributed by atoms with E-state index in [4.69, 9.17) is 0 Å². The van der Waals surface area contributed by atoms with E-state index in [2.05, 4.69) is 20.2 Å². The van der Waals surface area contributed by atoms with Crippen LogP contribution in [0.2, 0.25) is 0 Å². The SMILES string of the molecule is c1cnc(NC2CCCN(C3CCCCC3)C2)nc1. The minimum Gasteiger partial charge on any atom is -0.350 e. The zero-order valence-corrected chi connectivity index (χ0v) is 11.6. The second-order valence-corrected chi connectivity index (χ2v) is 5.84. The molecule has 0 amide bonds. The second kappa shape index (κ2) is 6.33. The van der Waals surface area contributed by atoms with Crippen molar-refractivity contribution < 1.29 is 0 Å². The molecule has 1 saturated carbocycles. The predicted octanol–water partition coefficient (Wildman–Crippen LogP) is 2.69. The van der Waals surface area contributed by atoms with Crippen LogP contribution in [0, 0.1) is 0 Å². The summed E-state index contributed by atoms with van der Waals surface area (Å²) in [5.74, 6) is 0.776. The molecule has 1 N–H and O–H groups in total. The number of aromatic nitrogens is 2. The fraction of sp³-hybridized carbons (Fsp3) is 0.733. The number of rotatable bonds is 3. The van der Waals surface area contributed by atoms with Crippen molar-refractivity contribution in [2.75, 3.05) is 18.4 Å². The smallest absolute Gasteiger partial charge is 0.222 e. The van der Waals surface area contributed by atoms with Crippen molar-refractivity contribution in [3.8, 4) is 0 Å². The first-order valence-corrected chi connectivity index (χ1v) is 7.69. The molecule has 1 aliphatic carbocycles. The Bertz CT molecular complexity index is 375. The van der Waals surface area contributed by atoms with E-state index in [0.717, 1.165) is 18.5 Å². The third-order valence-electron chi connectivity index (χ3n) is 4.44. The standard InChI is InChI=1S/C15H24N4/c1-2-7-14(8-3-1)19-11-4-6-13(12-19)18-15-16-9-5-10-17-15/h5,9-10,13-14H,1-4,6-8,11-12H2,(H,16,17,18). The molecule has 4 heteroatoms. The van der Waals surface area contributed by atoms with Crippen LogP contribution in [-0.4, -0.2) is 40.0 Å². The molecule has 1 atom stereocenters. The van der Waals surface area contributed by atoms with Gasteiger partial charge in [0.15, 0.2) is 0 Å². The largest absolute Gasteiger partial charge is 0.350 e. The first-order chi connectivity index (χ1) is 9.42. The Hall–Kier alpha value is -1.16. The van der Waals surface area contributed by atoms with Gasteiger partial charge in [0.2, 0.25) is 5.95 Å². The number of hydrogen-bond acceptors (Lipinski definition) is 4. The van der Waals surface area contributed by atoms with Gasteiger partial charge in [0.1, 0.15) is 0 Å². The Balaban J connectivity index is 1.55. The van der Waals surface area contributed by atoms with Gasteiger partial charge < -0.3 is 5.32 Å². The van der Waals surface area contributed by atoms with E-state index in [1.54, 1.807) is 12.4 Å². The van der Waals surface area contributed by atoms with Crippen LogP contribution in [0.3, 0.4) is 0 Å². The highest BCUT2D eigenvalue weighted by Gasteiger charge is 2.27. The molecule has 104 valence electrons. The lowest BCUT2D eigenvalue weighted by atomic mass is 9.92. The molecule has 1 aromatic rings. The summed E-state index contributed by atoms with van der Waals surface area (Å²) in [6.07, 6.45) is 13.2. The van der Waals surface area contributed by atoms with Crippen LogP contribution < -0.4 is 5.32 Å². The van der Waals surface area contributed by atoms with Crippen LogP contribution in [0.5, 0.6) is 0 Å². The minimum atomic E-state index is 0.512. The zero-order chi connectivity index (χ0) is 12.9. The fourth-order valence-electron chi connectivity index (χ4n) is 3.46. The second-order valence-electron chi connectivity index (χ2n) is 5.84. The summed E-state index contributed by atoms with van der Waals surface area (Å²) in [4.78, 5) is 11.2. The highest BCUT2D eigenvalue weighted by Crippen LogP contribution is 2.25. The van der Waals surface area contributed by atoms with Gasteiger partial charge in [-0.3, -0.25) is 4.90 Å². The molecule has 1 aromatic heterocycles. The van der Waals surface area contributed by atoms with Gasteiger partial charge in [0, 0.05) is 31.0 Å². The van der Waals surface area contributed by atoms with E-state index >= 15 is 0 Å². The van der Waals surface area contributed by atoms with E-state index in [1.807, 2.05) is 6.07 Å². The van der Waals surface area contributed by atoms with Gasteiger partial charge >= 0.3 is 0 Å². The lowest BCUT2D eigenvalue weighted by molar-refractivity contribution is 0.124. The van der Waals surface area contributed by atoms with Crippen LogP contribution in [0.25, 0.3) is 0 Å². The fourth-order valence-corrected chi connectivity index (χ4v) is 3.46. The summed E-state index contributed by atoms with van der Waals surface area (Å²) in [5.41, 5.74) is 0. The minimum absolute atomic E-state index is 0.512. The van der Waals surface area contributed by atoms with E-state index < -0.39 is 0 Å². The molecule has 0 spiro atoms. The number of hydrogen-bond donors (Lipinski definition) is 1. The molecule has 1 unspecified atom stereocenters. The van der Waals surface area contributed by atoms with Crippen molar-refractivity contribution in [3.05, 3.63) is 18.5 Å². The van der Waals surface area contributed by atoms with E-state index in [9.17, 15) is 0 Å². The molecular weight excluding hydrogens is 236 g/mol. The highest BCUT2D eigenvalue weighted by atomic mass is 15.2. The van der Waals surface area contributed by atoms with Crippen LogP contribution in [0.4, 0.5) is 5.95 Å². The summed E-state index contributed by atoms with van der Waals surface area (Å²) in [5, 5.41) is 3.49. The van der Waals surface area contributed by atoms with Crippen molar-refractivity contribution in [2.24, 2.45) is 0 Å². The van der Waals surface area contributed by atoms with E-state index in [1.165, 1.54) is 51.5 Å². The Morgan fingerprint density at radius 1 is 1.00 bits per heavy atom. The van der Waals surface area contributed by atoms with Crippen molar-refractivity contribution in [1.29, 1.82) is 0 Å². The number of piperidine rings is 1. The molecule has 2 heterocycles. The number of nitrogens with one attached hydrogen (secondary N) is 1. The summed E-state index contributed by atoms with van der Waals surface area (Å²) >= 11 is 0. The first kappa shape index (κ1) is 12.9. The summed E-state index contributed by atoms with van der Waals surface area (Å²) in [6.45, 7) is 2.43. The van der Waals surface area contributed by atoms with Gasteiger partial charge in [-0.15, -0.1) is 0 Å². The van der Waals surface area contributed by atoms with Gasteiger partial charge in [-0.2, -0.15) is 0 Å². The molecule has 0 aromatic carbocycles. The average Bonchev–Trinajstić information content (AvgIpc) is 2.49. The van der Waals surface area contributed by atoms with Crippen LogP contribution in [0.15, 0.2) is 18.5 Å². The Morgan fingerprint density at radius 3 is 2.58 bits per heavy atom. The molecule has 1 saturated heterocycles. The maximum absolute atomic E-state index is 4.27. The highest BCUT2D eigenvalue weighted by molar-refractivity contribution is 5.24. The zero-order valence-electron chi connectivity index (χ0n) is 11.6. The van der Waals surface area contributed by atoms with Crippen molar-refractivity contribution in [3.63, 3.8) is 0 Å². The first-order valence-electron chi connectivity index (χ1n) is 7.69. The Morgan fingerprint density at radius 2 is 1.79 bits per heavy atom. The van der Waals surface area contributed by atoms with Gasteiger partial charge in [0.05, 0.1) is 0 Å². The van der Waals surface area contributed by atoms with E-state index in [0.29, 0.717) is 6.04 Å². The maximum atomic E-state index is 4.27. The number of nitrogens with zero attached hydrogens (tertiary/aromatic N) is 3. The van der Waals surface area contributed by atoms with Crippen molar-refractivity contribution >= 4 is 5.95 Å². The molecule has 4 nitrogen and oxygen atoms in total. The summed E-state index contributed by atoms with van der Waals surface area (Å²) in [6, 6.07) is 3.20. The van der Waals surface area contributed by atoms with Gasteiger partial charge in [-0.25, -0.2) is 9.97 Å². The normalized spacial score (nSPS) is 26.2. The lowest BCUT2D eigenvalue weighted by Crippen LogP contribution is -2.47. The molecule has 3 rings (SSSR count). The third kappa shape index (κ3) is 3.44. The molecule has 1 aliphatic heterocycles. The van der Waals surface area contributed by atoms with Crippen LogP contribution in [0.1, 0.15) is 44.9 Å². The molecule has 19 heavy (non-hydrogen) atoms. The maximum Gasteiger partial charge on any atom is 0.222 e. The van der Waals surface area contributed by atoms with E-state index in [-0.39, 0.29) is 0 Å². The lowest BCUT2D eigenvalue weighted by Gasteiger charge is -2.40. The molecular formula is C15H24N4. The van der Waals surface area contributed by atoms with Gasteiger partial charge in [0.25, 0.3) is 0 Å². The monoisotopic (exact) mass is 260 g/mol. The van der Waals surface area contributed by atoms with Gasteiger partial charge in [-0.1, -0.05) is 19.3 Å². The topological polar surface area (TPSA) is 41.1 Å². The number of anilines is 1.